The van der Waals surface area contributed by atoms with Gasteiger partial charge in [0.1, 0.15) is 5.75 Å². The summed E-state index contributed by atoms with van der Waals surface area (Å²) in [6.07, 6.45) is 3.19. The lowest BCUT2D eigenvalue weighted by Crippen LogP contribution is -2.38. The molecular formula is C20H20N4O4. The first-order chi connectivity index (χ1) is 13.6. The monoisotopic (exact) mass is 380 g/mol. The highest BCUT2D eigenvalue weighted by Gasteiger charge is 2.26. The molecule has 0 aromatic heterocycles. The number of carbonyl (C=O) groups excluding carboxylic acids is 3. The highest BCUT2D eigenvalue weighted by atomic mass is 16.5. The minimum absolute atomic E-state index is 0.107. The molecule has 144 valence electrons. The molecule has 0 unspecified atom stereocenters. The molecule has 0 spiro atoms. The summed E-state index contributed by atoms with van der Waals surface area (Å²) in [6.45, 7) is -0.145. The number of benzene rings is 2. The van der Waals surface area contributed by atoms with Gasteiger partial charge < -0.3 is 15.4 Å². The Hall–Kier alpha value is -3.68. The van der Waals surface area contributed by atoms with Gasteiger partial charge in [-0.1, -0.05) is 30.3 Å². The highest BCUT2D eigenvalue weighted by Crippen LogP contribution is 2.18. The van der Waals surface area contributed by atoms with Crippen molar-refractivity contribution in [2.75, 3.05) is 11.9 Å². The Morgan fingerprint density at radius 2 is 1.82 bits per heavy atom. The Morgan fingerprint density at radius 1 is 1.04 bits per heavy atom. The van der Waals surface area contributed by atoms with Crippen molar-refractivity contribution in [1.29, 1.82) is 0 Å². The van der Waals surface area contributed by atoms with Gasteiger partial charge in [0, 0.05) is 11.7 Å². The van der Waals surface area contributed by atoms with E-state index in [1.807, 2.05) is 18.2 Å². The number of hydrogen-bond donors (Lipinski definition) is 3. The fourth-order valence-electron chi connectivity index (χ4n) is 2.25. The van der Waals surface area contributed by atoms with Crippen LogP contribution in [0.15, 0.2) is 59.7 Å². The molecule has 0 atom stereocenters. The van der Waals surface area contributed by atoms with Crippen LogP contribution in [0.5, 0.6) is 5.75 Å². The van der Waals surface area contributed by atoms with Gasteiger partial charge in [-0.15, -0.1) is 0 Å². The predicted molar refractivity (Wildman–Crippen MR) is 104 cm³/mol. The summed E-state index contributed by atoms with van der Waals surface area (Å²) in [4.78, 5) is 35.0. The largest absolute Gasteiger partial charge is 0.484 e. The van der Waals surface area contributed by atoms with E-state index in [9.17, 15) is 14.4 Å². The molecule has 28 heavy (non-hydrogen) atoms. The van der Waals surface area contributed by atoms with Crippen LogP contribution in [0.4, 0.5) is 5.69 Å². The SMILES string of the molecule is O=C(COc1cccc(/C=N\NC(=O)C(=O)NC2CC2)c1)Nc1ccccc1. The van der Waals surface area contributed by atoms with E-state index in [1.165, 1.54) is 6.21 Å². The van der Waals surface area contributed by atoms with Crippen LogP contribution >= 0.6 is 0 Å². The number of anilines is 1. The summed E-state index contributed by atoms with van der Waals surface area (Å²) in [6, 6.07) is 16.0. The number of rotatable bonds is 7. The maximum absolute atomic E-state index is 11.9. The Balaban J connectivity index is 1.45. The molecule has 1 fully saturated rings. The second kappa shape index (κ2) is 9.31. The number of hydrazone groups is 1. The first kappa shape index (κ1) is 19.1. The van der Waals surface area contributed by atoms with E-state index in [2.05, 4.69) is 21.2 Å². The molecular weight excluding hydrogens is 360 g/mol. The van der Waals surface area contributed by atoms with Crippen molar-refractivity contribution in [2.24, 2.45) is 5.10 Å². The first-order valence-corrected chi connectivity index (χ1v) is 8.82. The molecule has 0 bridgehead atoms. The Kier molecular flexibility index (Phi) is 6.35. The Morgan fingerprint density at radius 3 is 2.57 bits per heavy atom. The van der Waals surface area contributed by atoms with Crippen molar-refractivity contribution in [2.45, 2.75) is 18.9 Å². The molecule has 1 aliphatic rings. The van der Waals surface area contributed by atoms with E-state index in [1.54, 1.807) is 36.4 Å². The van der Waals surface area contributed by atoms with Gasteiger partial charge in [-0.05, 0) is 42.7 Å². The molecule has 2 aromatic rings. The van der Waals surface area contributed by atoms with Crippen LogP contribution in [0.2, 0.25) is 0 Å². The number of amides is 3. The number of nitrogens with one attached hydrogen (secondary N) is 3. The van der Waals surface area contributed by atoms with Gasteiger partial charge in [0.25, 0.3) is 5.91 Å². The molecule has 0 saturated heterocycles. The van der Waals surface area contributed by atoms with Crippen LogP contribution in [0.1, 0.15) is 18.4 Å². The molecule has 3 rings (SSSR count). The fourth-order valence-corrected chi connectivity index (χ4v) is 2.25. The molecule has 8 heteroatoms. The third kappa shape index (κ3) is 6.24. The van der Waals surface area contributed by atoms with Crippen LogP contribution in [0, 0.1) is 0 Å². The van der Waals surface area contributed by atoms with Crippen molar-refractivity contribution >= 4 is 29.6 Å². The van der Waals surface area contributed by atoms with E-state index in [-0.39, 0.29) is 18.6 Å². The number of para-hydroxylation sites is 1. The van der Waals surface area contributed by atoms with Crippen molar-refractivity contribution < 1.29 is 19.1 Å². The Bertz CT molecular complexity index is 879. The fraction of sp³-hybridized carbons (Fsp3) is 0.200. The summed E-state index contributed by atoms with van der Waals surface area (Å²) >= 11 is 0. The van der Waals surface area contributed by atoms with Crippen LogP contribution in [0.3, 0.4) is 0 Å². The number of carbonyl (C=O) groups is 3. The van der Waals surface area contributed by atoms with Crippen LogP contribution in [-0.4, -0.2) is 36.6 Å². The van der Waals surface area contributed by atoms with Crippen LogP contribution in [-0.2, 0) is 14.4 Å². The third-order valence-corrected chi connectivity index (χ3v) is 3.78. The molecule has 3 amide bonds. The summed E-state index contributed by atoms with van der Waals surface area (Å²) in [5, 5.41) is 9.06. The van der Waals surface area contributed by atoms with Crippen molar-refractivity contribution in [3.63, 3.8) is 0 Å². The molecule has 1 saturated carbocycles. The summed E-state index contributed by atoms with van der Waals surface area (Å²) in [7, 11) is 0. The molecule has 3 N–H and O–H groups in total. The third-order valence-electron chi connectivity index (χ3n) is 3.78. The standard InChI is InChI=1S/C20H20N4O4/c25-18(22-15-6-2-1-3-7-15)13-28-17-8-4-5-14(11-17)12-21-24-20(27)19(26)23-16-9-10-16/h1-8,11-12,16H,9-10,13H2,(H,22,25)(H,23,26)(H,24,27)/b21-12-. The van der Waals surface area contributed by atoms with Crippen molar-refractivity contribution in [3.05, 3.63) is 60.2 Å². The summed E-state index contributed by atoms with van der Waals surface area (Å²) < 4.78 is 5.47. The molecule has 2 aromatic carbocycles. The average molecular weight is 380 g/mol. The van der Waals surface area contributed by atoms with E-state index in [0.29, 0.717) is 17.0 Å². The minimum atomic E-state index is -0.812. The molecule has 0 aliphatic heterocycles. The molecule has 0 radical (unpaired) electrons. The van der Waals surface area contributed by atoms with Gasteiger partial charge in [0.05, 0.1) is 6.21 Å². The van der Waals surface area contributed by atoms with Gasteiger partial charge in [-0.25, -0.2) is 5.43 Å². The molecule has 8 nitrogen and oxygen atoms in total. The van der Waals surface area contributed by atoms with E-state index < -0.39 is 11.8 Å². The Labute approximate surface area is 162 Å². The second-order valence-corrected chi connectivity index (χ2v) is 6.22. The van der Waals surface area contributed by atoms with Gasteiger partial charge in [-0.3, -0.25) is 14.4 Å². The average Bonchev–Trinajstić information content (AvgIpc) is 3.51. The van der Waals surface area contributed by atoms with Gasteiger partial charge >= 0.3 is 11.8 Å². The lowest BCUT2D eigenvalue weighted by atomic mass is 10.2. The maximum Gasteiger partial charge on any atom is 0.329 e. The number of ether oxygens (including phenoxy) is 1. The van der Waals surface area contributed by atoms with Gasteiger partial charge in [0.2, 0.25) is 0 Å². The normalized spacial score (nSPS) is 13.0. The number of hydrogen-bond acceptors (Lipinski definition) is 5. The zero-order valence-corrected chi connectivity index (χ0v) is 15.1. The van der Waals surface area contributed by atoms with Crippen LogP contribution < -0.4 is 20.8 Å². The maximum atomic E-state index is 11.9. The van der Waals surface area contributed by atoms with Crippen LogP contribution in [0.25, 0.3) is 0 Å². The smallest absolute Gasteiger partial charge is 0.329 e. The zero-order chi connectivity index (χ0) is 19.8. The van der Waals surface area contributed by atoms with E-state index in [4.69, 9.17) is 4.74 Å². The highest BCUT2D eigenvalue weighted by molar-refractivity contribution is 6.35. The first-order valence-electron chi connectivity index (χ1n) is 8.82. The zero-order valence-electron chi connectivity index (χ0n) is 15.1. The number of nitrogens with zero attached hydrogens (tertiary/aromatic N) is 1. The summed E-state index contributed by atoms with van der Waals surface area (Å²) in [5.74, 6) is -1.31. The predicted octanol–water partition coefficient (Wildman–Crippen LogP) is 1.43. The quantitative estimate of drug-likeness (QED) is 0.384. The second-order valence-electron chi connectivity index (χ2n) is 6.22. The topological polar surface area (TPSA) is 109 Å². The molecule has 1 aliphatic carbocycles. The van der Waals surface area contributed by atoms with Gasteiger partial charge in [-0.2, -0.15) is 5.10 Å². The summed E-state index contributed by atoms with van der Waals surface area (Å²) in [5.41, 5.74) is 3.51. The van der Waals surface area contributed by atoms with Gasteiger partial charge in [0.15, 0.2) is 6.61 Å². The van der Waals surface area contributed by atoms with Crippen molar-refractivity contribution in [1.82, 2.24) is 10.7 Å². The van der Waals surface area contributed by atoms with E-state index in [0.717, 1.165) is 12.8 Å². The lowest BCUT2D eigenvalue weighted by molar-refractivity contribution is -0.139. The molecule has 0 heterocycles. The lowest BCUT2D eigenvalue weighted by Gasteiger charge is -2.08. The van der Waals surface area contributed by atoms with E-state index >= 15 is 0 Å². The van der Waals surface area contributed by atoms with Crippen molar-refractivity contribution in [3.8, 4) is 5.75 Å². The minimum Gasteiger partial charge on any atom is -0.484 e.